The lowest BCUT2D eigenvalue weighted by Gasteiger charge is -2.37. The molecule has 2 aromatic rings. The van der Waals surface area contributed by atoms with Crippen LogP contribution in [0.5, 0.6) is 11.5 Å². The number of nitrogens with one attached hydrogen (secondary N) is 1. The quantitative estimate of drug-likeness (QED) is 0.600. The lowest BCUT2D eigenvalue weighted by Crippen LogP contribution is -2.46. The standard InChI is InChI=1S/C25H33FN2O4/c1-17-9-19(5-6-24(17)26)20-12-21(25(29)27-7-8-30-2)16-28(15-20)14-18-10-22(31-3)13-23(11-18)32-4/h5-6,9-11,13,20-21H,7-8,12,14-16H2,1-4H3,(H,27,29). The van der Waals surface area contributed by atoms with Crippen LogP contribution in [0, 0.1) is 18.7 Å². The molecule has 7 heteroatoms. The van der Waals surface area contributed by atoms with Crippen LogP contribution in [0.4, 0.5) is 4.39 Å². The smallest absolute Gasteiger partial charge is 0.224 e. The molecular weight excluding hydrogens is 411 g/mol. The molecule has 2 aromatic carbocycles. The number of ether oxygens (including phenoxy) is 3. The Hall–Kier alpha value is -2.64. The van der Waals surface area contributed by atoms with E-state index in [1.165, 1.54) is 6.07 Å². The number of carbonyl (C=O) groups is 1. The van der Waals surface area contributed by atoms with Gasteiger partial charge in [-0.05, 0) is 54.2 Å². The van der Waals surface area contributed by atoms with Crippen molar-refractivity contribution >= 4 is 5.91 Å². The van der Waals surface area contributed by atoms with Crippen molar-refractivity contribution in [3.63, 3.8) is 0 Å². The molecule has 0 saturated carbocycles. The number of amides is 1. The Morgan fingerprint density at radius 1 is 1.09 bits per heavy atom. The van der Waals surface area contributed by atoms with Crippen LogP contribution in [-0.2, 0) is 16.1 Å². The maximum atomic E-state index is 13.8. The van der Waals surface area contributed by atoms with Crippen LogP contribution in [0.25, 0.3) is 0 Å². The third kappa shape index (κ3) is 6.20. The van der Waals surface area contributed by atoms with Crippen molar-refractivity contribution in [3.05, 3.63) is 58.9 Å². The summed E-state index contributed by atoms with van der Waals surface area (Å²) in [4.78, 5) is 15.2. The number of piperidine rings is 1. The van der Waals surface area contributed by atoms with Crippen molar-refractivity contribution < 1.29 is 23.4 Å². The lowest BCUT2D eigenvalue weighted by molar-refractivity contribution is -0.127. The third-order valence-electron chi connectivity index (χ3n) is 5.97. The fourth-order valence-electron chi connectivity index (χ4n) is 4.31. The molecule has 1 fully saturated rings. The lowest BCUT2D eigenvalue weighted by atomic mass is 9.83. The van der Waals surface area contributed by atoms with Gasteiger partial charge in [-0.15, -0.1) is 0 Å². The van der Waals surface area contributed by atoms with Crippen LogP contribution in [-0.4, -0.2) is 58.4 Å². The molecule has 174 valence electrons. The monoisotopic (exact) mass is 444 g/mol. The summed E-state index contributed by atoms with van der Waals surface area (Å²) in [6, 6.07) is 11.1. The SMILES string of the molecule is COCCNC(=O)C1CC(c2ccc(F)c(C)c2)CN(Cc2cc(OC)cc(OC)c2)C1. The first-order valence-corrected chi connectivity index (χ1v) is 10.9. The highest BCUT2D eigenvalue weighted by Crippen LogP contribution is 2.33. The van der Waals surface area contributed by atoms with E-state index in [1.54, 1.807) is 28.3 Å². The van der Waals surface area contributed by atoms with E-state index in [0.29, 0.717) is 31.8 Å². The summed E-state index contributed by atoms with van der Waals surface area (Å²) in [6.07, 6.45) is 0.724. The molecule has 32 heavy (non-hydrogen) atoms. The molecule has 0 aliphatic carbocycles. The number of carbonyl (C=O) groups excluding carboxylic acids is 1. The number of rotatable bonds is 9. The highest BCUT2D eigenvalue weighted by molar-refractivity contribution is 5.79. The van der Waals surface area contributed by atoms with Gasteiger partial charge in [0.2, 0.25) is 5.91 Å². The molecule has 0 spiro atoms. The minimum Gasteiger partial charge on any atom is -0.497 e. The predicted octanol–water partition coefficient (Wildman–Crippen LogP) is 3.52. The number of halogens is 1. The Kier molecular flexibility index (Phi) is 8.47. The molecule has 0 bridgehead atoms. The van der Waals surface area contributed by atoms with Crippen molar-refractivity contribution in [2.75, 3.05) is 47.6 Å². The van der Waals surface area contributed by atoms with Gasteiger partial charge >= 0.3 is 0 Å². The molecular formula is C25H33FN2O4. The fourth-order valence-corrected chi connectivity index (χ4v) is 4.31. The summed E-state index contributed by atoms with van der Waals surface area (Å²) >= 11 is 0. The van der Waals surface area contributed by atoms with Gasteiger partial charge < -0.3 is 19.5 Å². The zero-order valence-electron chi connectivity index (χ0n) is 19.3. The van der Waals surface area contributed by atoms with E-state index in [1.807, 2.05) is 30.3 Å². The fraction of sp³-hybridized carbons (Fsp3) is 0.480. The molecule has 6 nitrogen and oxygen atoms in total. The summed E-state index contributed by atoms with van der Waals surface area (Å²) < 4.78 is 29.7. The van der Waals surface area contributed by atoms with E-state index in [4.69, 9.17) is 14.2 Å². The number of methoxy groups -OCH3 is 3. The topological polar surface area (TPSA) is 60.0 Å². The van der Waals surface area contributed by atoms with Gasteiger partial charge in [0.1, 0.15) is 17.3 Å². The van der Waals surface area contributed by atoms with Crippen LogP contribution >= 0.6 is 0 Å². The second-order valence-corrected chi connectivity index (χ2v) is 8.34. The largest absolute Gasteiger partial charge is 0.497 e. The Morgan fingerprint density at radius 2 is 1.81 bits per heavy atom. The van der Waals surface area contributed by atoms with Crippen molar-refractivity contribution in [2.45, 2.75) is 25.8 Å². The molecule has 1 aliphatic heterocycles. The van der Waals surface area contributed by atoms with Crippen molar-refractivity contribution in [3.8, 4) is 11.5 Å². The molecule has 0 aromatic heterocycles. The van der Waals surface area contributed by atoms with E-state index < -0.39 is 0 Å². The van der Waals surface area contributed by atoms with Gasteiger partial charge in [0.25, 0.3) is 0 Å². The molecule has 1 N–H and O–H groups in total. The first-order chi connectivity index (χ1) is 15.4. The van der Waals surface area contributed by atoms with Crippen molar-refractivity contribution in [1.29, 1.82) is 0 Å². The molecule has 2 unspecified atom stereocenters. The van der Waals surface area contributed by atoms with Gasteiger partial charge in [0.05, 0.1) is 26.7 Å². The number of hydrogen-bond donors (Lipinski definition) is 1. The van der Waals surface area contributed by atoms with Gasteiger partial charge in [-0.25, -0.2) is 4.39 Å². The minimum absolute atomic E-state index is 0.0267. The van der Waals surface area contributed by atoms with Crippen LogP contribution in [0.15, 0.2) is 36.4 Å². The molecule has 2 atom stereocenters. The number of aryl methyl sites for hydroxylation is 1. The molecule has 1 saturated heterocycles. The van der Waals surface area contributed by atoms with E-state index >= 15 is 0 Å². The number of nitrogens with zero attached hydrogens (tertiary/aromatic N) is 1. The summed E-state index contributed by atoms with van der Waals surface area (Å²) in [5, 5.41) is 2.98. The normalized spacial score (nSPS) is 18.9. The second kappa shape index (κ2) is 11.3. The molecule has 0 radical (unpaired) electrons. The molecule has 1 amide bonds. The average molecular weight is 445 g/mol. The minimum atomic E-state index is -0.209. The van der Waals surface area contributed by atoms with Gasteiger partial charge in [-0.3, -0.25) is 9.69 Å². The van der Waals surface area contributed by atoms with E-state index in [-0.39, 0.29) is 23.6 Å². The number of likely N-dealkylation sites (tertiary alicyclic amines) is 1. The third-order valence-corrected chi connectivity index (χ3v) is 5.97. The zero-order chi connectivity index (χ0) is 23.1. The predicted molar refractivity (Wildman–Crippen MR) is 122 cm³/mol. The van der Waals surface area contributed by atoms with Gasteiger partial charge in [0, 0.05) is 39.4 Å². The van der Waals surface area contributed by atoms with Crippen molar-refractivity contribution in [1.82, 2.24) is 10.2 Å². The van der Waals surface area contributed by atoms with E-state index in [2.05, 4.69) is 10.2 Å². The van der Waals surface area contributed by atoms with Crippen molar-refractivity contribution in [2.24, 2.45) is 5.92 Å². The molecule has 1 heterocycles. The van der Waals surface area contributed by atoms with Crippen LogP contribution in [0.2, 0.25) is 0 Å². The maximum Gasteiger partial charge on any atom is 0.224 e. The zero-order valence-corrected chi connectivity index (χ0v) is 19.3. The van der Waals surface area contributed by atoms with E-state index in [9.17, 15) is 9.18 Å². The van der Waals surface area contributed by atoms with Gasteiger partial charge in [0.15, 0.2) is 0 Å². The van der Waals surface area contributed by atoms with Crippen LogP contribution in [0.1, 0.15) is 29.0 Å². The summed E-state index contributed by atoms with van der Waals surface area (Å²) in [5.74, 6) is 1.25. The highest BCUT2D eigenvalue weighted by Gasteiger charge is 2.32. The van der Waals surface area contributed by atoms with Gasteiger partial charge in [-0.1, -0.05) is 12.1 Å². The Balaban J connectivity index is 1.82. The Bertz CT molecular complexity index is 899. The summed E-state index contributed by atoms with van der Waals surface area (Å²) in [7, 11) is 4.88. The average Bonchev–Trinajstić information content (AvgIpc) is 2.80. The molecule has 3 rings (SSSR count). The van der Waals surface area contributed by atoms with E-state index in [0.717, 1.165) is 35.6 Å². The number of benzene rings is 2. The Labute approximate surface area is 189 Å². The van der Waals surface area contributed by atoms with Gasteiger partial charge in [-0.2, -0.15) is 0 Å². The van der Waals surface area contributed by atoms with Crippen LogP contribution in [0.3, 0.4) is 0 Å². The van der Waals surface area contributed by atoms with Crippen LogP contribution < -0.4 is 14.8 Å². The second-order valence-electron chi connectivity index (χ2n) is 8.34. The summed E-state index contributed by atoms with van der Waals surface area (Å²) in [5.41, 5.74) is 2.74. The first kappa shape index (κ1) is 24.0. The Morgan fingerprint density at radius 3 is 2.44 bits per heavy atom. The highest BCUT2D eigenvalue weighted by atomic mass is 19.1. The first-order valence-electron chi connectivity index (χ1n) is 10.9. The number of hydrogen-bond acceptors (Lipinski definition) is 5. The molecule has 1 aliphatic rings. The summed E-state index contributed by atoms with van der Waals surface area (Å²) in [6.45, 7) is 4.83. The maximum absolute atomic E-state index is 13.8.